The molecule has 7 heteroatoms. The summed E-state index contributed by atoms with van der Waals surface area (Å²) in [6, 6.07) is 15.5. The quantitative estimate of drug-likeness (QED) is 0.434. The van der Waals surface area contributed by atoms with Gasteiger partial charge in [0.15, 0.2) is 0 Å². The van der Waals surface area contributed by atoms with Gasteiger partial charge in [0, 0.05) is 17.6 Å². The zero-order valence-electron chi connectivity index (χ0n) is 14.8. The average Bonchev–Trinajstić information content (AvgIpc) is 3.24. The zero-order valence-corrected chi connectivity index (χ0v) is 17.2. The molecule has 0 N–H and O–H groups in total. The lowest BCUT2D eigenvalue weighted by molar-refractivity contribution is 0.0789. The van der Waals surface area contributed by atoms with E-state index in [1.807, 2.05) is 55.5 Å². The normalized spacial score (nSPS) is 11.1. The van der Waals surface area contributed by atoms with Crippen LogP contribution in [0, 0.1) is 6.92 Å². The van der Waals surface area contributed by atoms with Crippen LogP contribution in [0.3, 0.4) is 0 Å². The fraction of sp³-hybridized carbons (Fsp3) is 0.150. The molecule has 0 bridgehead atoms. The van der Waals surface area contributed by atoms with Crippen LogP contribution in [0.15, 0.2) is 48.5 Å². The number of carbonyl (C=O) groups excluding carboxylic acids is 1. The summed E-state index contributed by atoms with van der Waals surface area (Å²) in [5, 5.41) is 2.42. The first-order valence-electron chi connectivity index (χ1n) is 8.34. The van der Waals surface area contributed by atoms with Gasteiger partial charge in [0.1, 0.15) is 14.9 Å². The Morgan fingerprint density at radius 2 is 1.81 bits per heavy atom. The number of nitrogens with zero attached hydrogens (tertiary/aromatic N) is 3. The lowest BCUT2D eigenvalue weighted by Crippen LogP contribution is -2.25. The van der Waals surface area contributed by atoms with Gasteiger partial charge in [-0.2, -0.15) is 0 Å². The highest BCUT2D eigenvalue weighted by Gasteiger charge is 2.20. The number of hydrogen-bond acceptors (Lipinski definition) is 5. The molecule has 136 valence electrons. The standard InChI is InChI=1S/C20H16ClN3OS2/c1-12-18(27-19(22-12)13-7-9-14(21)10-8-13)20(25)24(2)11-17-23-15-5-3-4-6-16(15)26-17/h3-10H,11H2,1-2H3. The molecule has 0 saturated carbocycles. The number of hydrogen-bond donors (Lipinski definition) is 0. The predicted molar refractivity (Wildman–Crippen MR) is 113 cm³/mol. The van der Waals surface area contributed by atoms with E-state index < -0.39 is 0 Å². The maximum absolute atomic E-state index is 12.9. The number of rotatable bonds is 4. The number of halogens is 1. The Morgan fingerprint density at radius 3 is 2.56 bits per heavy atom. The van der Waals surface area contributed by atoms with Crippen LogP contribution in [-0.2, 0) is 6.54 Å². The second-order valence-electron chi connectivity index (χ2n) is 6.18. The minimum Gasteiger partial charge on any atom is -0.334 e. The summed E-state index contributed by atoms with van der Waals surface area (Å²) < 4.78 is 1.13. The number of carbonyl (C=O) groups is 1. The highest BCUT2D eigenvalue weighted by Crippen LogP contribution is 2.30. The van der Waals surface area contributed by atoms with Crippen LogP contribution < -0.4 is 0 Å². The van der Waals surface area contributed by atoms with Crippen molar-refractivity contribution in [3.63, 3.8) is 0 Å². The van der Waals surface area contributed by atoms with Gasteiger partial charge in [-0.1, -0.05) is 35.9 Å². The summed E-state index contributed by atoms with van der Waals surface area (Å²) >= 11 is 8.98. The van der Waals surface area contributed by atoms with E-state index in [4.69, 9.17) is 11.6 Å². The smallest absolute Gasteiger partial charge is 0.265 e. The van der Waals surface area contributed by atoms with Gasteiger partial charge in [-0.25, -0.2) is 9.97 Å². The van der Waals surface area contributed by atoms with Crippen LogP contribution in [-0.4, -0.2) is 27.8 Å². The number of para-hydroxylation sites is 1. The lowest BCUT2D eigenvalue weighted by atomic mass is 10.2. The molecule has 2 aromatic heterocycles. The first-order valence-corrected chi connectivity index (χ1v) is 10.4. The number of aryl methyl sites for hydroxylation is 1. The van der Waals surface area contributed by atoms with Crippen molar-refractivity contribution in [2.24, 2.45) is 0 Å². The van der Waals surface area contributed by atoms with E-state index in [9.17, 15) is 4.79 Å². The van der Waals surface area contributed by atoms with E-state index >= 15 is 0 Å². The number of fused-ring (bicyclic) bond motifs is 1. The fourth-order valence-electron chi connectivity index (χ4n) is 2.75. The summed E-state index contributed by atoms with van der Waals surface area (Å²) in [5.41, 5.74) is 2.67. The predicted octanol–water partition coefficient (Wildman–Crippen LogP) is 5.65. The number of benzene rings is 2. The highest BCUT2D eigenvalue weighted by molar-refractivity contribution is 7.18. The van der Waals surface area contributed by atoms with Gasteiger partial charge < -0.3 is 4.90 Å². The maximum Gasteiger partial charge on any atom is 0.265 e. The molecule has 4 nitrogen and oxygen atoms in total. The first-order chi connectivity index (χ1) is 13.0. The molecule has 0 aliphatic heterocycles. The first kappa shape index (κ1) is 18.1. The molecule has 0 unspecified atom stereocenters. The molecule has 0 aliphatic rings. The van der Waals surface area contributed by atoms with Crippen molar-refractivity contribution in [1.29, 1.82) is 0 Å². The van der Waals surface area contributed by atoms with Gasteiger partial charge in [-0.15, -0.1) is 22.7 Å². The van der Waals surface area contributed by atoms with Crippen LogP contribution in [0.2, 0.25) is 5.02 Å². The Labute approximate surface area is 170 Å². The van der Waals surface area contributed by atoms with Crippen molar-refractivity contribution in [3.8, 4) is 10.6 Å². The molecule has 4 aromatic rings. The SMILES string of the molecule is Cc1nc(-c2ccc(Cl)cc2)sc1C(=O)N(C)Cc1nc2ccccc2s1. The van der Waals surface area contributed by atoms with E-state index in [2.05, 4.69) is 9.97 Å². The zero-order chi connectivity index (χ0) is 19.0. The van der Waals surface area contributed by atoms with Gasteiger partial charge in [0.25, 0.3) is 5.91 Å². The Morgan fingerprint density at radius 1 is 1.07 bits per heavy atom. The van der Waals surface area contributed by atoms with Crippen molar-refractivity contribution in [2.45, 2.75) is 13.5 Å². The molecule has 27 heavy (non-hydrogen) atoms. The second-order valence-corrected chi connectivity index (χ2v) is 8.73. The van der Waals surface area contributed by atoms with Crippen molar-refractivity contribution < 1.29 is 4.79 Å². The summed E-state index contributed by atoms with van der Waals surface area (Å²) in [5.74, 6) is -0.0375. The van der Waals surface area contributed by atoms with Crippen molar-refractivity contribution in [3.05, 3.63) is 69.1 Å². The van der Waals surface area contributed by atoms with E-state index in [0.717, 1.165) is 31.5 Å². The highest BCUT2D eigenvalue weighted by atomic mass is 35.5. The summed E-state index contributed by atoms with van der Waals surface area (Å²) in [7, 11) is 1.80. The van der Waals surface area contributed by atoms with Crippen molar-refractivity contribution in [2.75, 3.05) is 7.05 Å². The average molecular weight is 414 g/mol. The molecule has 4 rings (SSSR count). The third-order valence-corrected chi connectivity index (χ3v) is 6.61. The number of amides is 1. The van der Waals surface area contributed by atoms with Crippen LogP contribution in [0.5, 0.6) is 0 Å². The third kappa shape index (κ3) is 3.74. The second kappa shape index (κ2) is 7.38. The largest absolute Gasteiger partial charge is 0.334 e. The van der Waals surface area contributed by atoms with E-state index in [-0.39, 0.29) is 5.91 Å². The topological polar surface area (TPSA) is 46.1 Å². The molecule has 0 aliphatic carbocycles. The molecular weight excluding hydrogens is 398 g/mol. The van der Waals surface area contributed by atoms with Gasteiger partial charge in [0.2, 0.25) is 0 Å². The Kier molecular flexibility index (Phi) is 4.95. The van der Waals surface area contributed by atoms with Gasteiger partial charge in [-0.05, 0) is 31.2 Å². The van der Waals surface area contributed by atoms with Crippen molar-refractivity contribution in [1.82, 2.24) is 14.9 Å². The minimum absolute atomic E-state index is 0.0375. The number of aromatic nitrogens is 2. The number of thiazole rings is 2. The molecular formula is C20H16ClN3OS2. The molecule has 0 fully saturated rings. The van der Waals surface area contributed by atoms with Crippen LogP contribution in [0.1, 0.15) is 20.4 Å². The van der Waals surface area contributed by atoms with Crippen LogP contribution >= 0.6 is 34.3 Å². The van der Waals surface area contributed by atoms with E-state index in [1.54, 1.807) is 23.3 Å². The fourth-order valence-corrected chi connectivity index (χ4v) is 4.96. The van der Waals surface area contributed by atoms with E-state index in [0.29, 0.717) is 16.4 Å². The molecule has 1 amide bonds. The summed E-state index contributed by atoms with van der Waals surface area (Å²) in [6.07, 6.45) is 0. The lowest BCUT2D eigenvalue weighted by Gasteiger charge is -2.14. The maximum atomic E-state index is 12.9. The molecule has 0 spiro atoms. The monoisotopic (exact) mass is 413 g/mol. The molecule has 0 atom stereocenters. The van der Waals surface area contributed by atoms with Crippen LogP contribution in [0.4, 0.5) is 0 Å². The summed E-state index contributed by atoms with van der Waals surface area (Å²) in [6.45, 7) is 2.35. The molecule has 0 saturated heterocycles. The van der Waals surface area contributed by atoms with Gasteiger partial charge in [-0.3, -0.25) is 4.79 Å². The Hall–Kier alpha value is -2.28. The van der Waals surface area contributed by atoms with E-state index in [1.165, 1.54) is 11.3 Å². The van der Waals surface area contributed by atoms with Crippen LogP contribution in [0.25, 0.3) is 20.8 Å². The van der Waals surface area contributed by atoms with Gasteiger partial charge >= 0.3 is 0 Å². The molecule has 2 heterocycles. The Bertz CT molecular complexity index is 1080. The van der Waals surface area contributed by atoms with Gasteiger partial charge in [0.05, 0.1) is 22.5 Å². The molecule has 0 radical (unpaired) electrons. The van der Waals surface area contributed by atoms with Crippen molar-refractivity contribution >= 4 is 50.4 Å². The molecule has 2 aromatic carbocycles. The third-order valence-electron chi connectivity index (χ3n) is 4.14. The Balaban J connectivity index is 1.55. The minimum atomic E-state index is -0.0375. The summed E-state index contributed by atoms with van der Waals surface area (Å²) in [4.78, 5) is 24.5.